The molecule has 13 nitrogen and oxygen atoms in total. The molecular weight excluding hydrogens is 580 g/mol. The van der Waals surface area contributed by atoms with Crippen LogP contribution >= 0.6 is 0 Å². The lowest BCUT2D eigenvalue weighted by atomic mass is 9.95. The highest BCUT2D eigenvalue weighted by molar-refractivity contribution is 5.95. The highest BCUT2D eigenvalue weighted by Crippen LogP contribution is 2.34. The van der Waals surface area contributed by atoms with Crippen molar-refractivity contribution >= 4 is 35.7 Å². The summed E-state index contributed by atoms with van der Waals surface area (Å²) in [6.45, 7) is 8.53. The Labute approximate surface area is 260 Å². The van der Waals surface area contributed by atoms with Gasteiger partial charge in [0.1, 0.15) is 0 Å². The molecule has 4 rings (SSSR count). The Bertz CT molecular complexity index is 1670. The zero-order chi connectivity index (χ0) is 32.7. The van der Waals surface area contributed by atoms with E-state index in [0.29, 0.717) is 22.7 Å². The molecule has 3 aromatic rings. The second-order valence-corrected chi connectivity index (χ2v) is 10.2. The van der Waals surface area contributed by atoms with Crippen molar-refractivity contribution in [3.8, 4) is 17.2 Å². The number of esters is 1. The van der Waals surface area contributed by atoms with Crippen molar-refractivity contribution in [3.63, 3.8) is 0 Å². The number of allylic oxidation sites excluding steroid dienone is 1. The summed E-state index contributed by atoms with van der Waals surface area (Å²) in [5, 5.41) is 12.2. The molecule has 4 amide bonds. The van der Waals surface area contributed by atoms with Gasteiger partial charge in [0.15, 0.2) is 18.1 Å². The van der Waals surface area contributed by atoms with Gasteiger partial charge in [0.05, 0.1) is 31.5 Å². The molecule has 0 unspecified atom stereocenters. The fraction of sp³-hybridized carbons (Fsp3) is 0.281. The van der Waals surface area contributed by atoms with E-state index in [4.69, 9.17) is 14.2 Å². The molecule has 45 heavy (non-hydrogen) atoms. The number of hydrogen-bond acceptors (Lipinski definition) is 8. The minimum Gasteiger partial charge on any atom is -0.493 e. The molecule has 2 aromatic carbocycles. The maximum Gasteiger partial charge on any atom is 0.338 e. The number of carbonyl (C=O) groups excluding carboxylic acids is 4. The number of aryl methyl sites for hydroxylation is 1. The van der Waals surface area contributed by atoms with Crippen molar-refractivity contribution < 1.29 is 33.4 Å². The lowest BCUT2D eigenvalue weighted by Crippen LogP contribution is -2.45. The summed E-state index contributed by atoms with van der Waals surface area (Å²) in [5.41, 5.74) is 8.01. The van der Waals surface area contributed by atoms with Crippen LogP contribution in [0.4, 0.5) is 10.5 Å². The van der Waals surface area contributed by atoms with Gasteiger partial charge in [0.25, 0.3) is 5.91 Å². The first-order valence-corrected chi connectivity index (χ1v) is 14.2. The summed E-state index contributed by atoms with van der Waals surface area (Å²) in [4.78, 5) is 48.6. The van der Waals surface area contributed by atoms with Crippen LogP contribution in [0.5, 0.6) is 11.5 Å². The molecule has 0 saturated heterocycles. The van der Waals surface area contributed by atoms with Gasteiger partial charge in [0.2, 0.25) is 5.91 Å². The largest absolute Gasteiger partial charge is 0.493 e. The van der Waals surface area contributed by atoms with Crippen molar-refractivity contribution in [1.29, 1.82) is 0 Å². The van der Waals surface area contributed by atoms with E-state index in [1.807, 2.05) is 48.7 Å². The normalized spacial score (nSPS) is 14.4. The van der Waals surface area contributed by atoms with Crippen LogP contribution in [0.3, 0.4) is 0 Å². The monoisotopic (exact) mass is 616 g/mol. The number of carbonyl (C=O) groups is 4. The van der Waals surface area contributed by atoms with E-state index in [1.54, 1.807) is 38.3 Å². The van der Waals surface area contributed by atoms with E-state index >= 15 is 0 Å². The van der Waals surface area contributed by atoms with E-state index in [-0.39, 0.29) is 30.4 Å². The minimum atomic E-state index is -0.775. The highest BCUT2D eigenvalue weighted by Gasteiger charge is 2.32. The van der Waals surface area contributed by atoms with Crippen LogP contribution in [-0.2, 0) is 19.1 Å². The van der Waals surface area contributed by atoms with Gasteiger partial charge in [0, 0.05) is 40.9 Å². The predicted molar refractivity (Wildman–Crippen MR) is 168 cm³/mol. The molecule has 0 fully saturated rings. The summed E-state index contributed by atoms with van der Waals surface area (Å²) in [7, 11) is 1.44. The third-order valence-electron chi connectivity index (χ3n) is 6.95. The van der Waals surface area contributed by atoms with Crippen LogP contribution in [0, 0.1) is 13.8 Å². The number of anilines is 1. The average Bonchev–Trinajstić information content (AvgIpc) is 3.27. The molecule has 0 aliphatic carbocycles. The van der Waals surface area contributed by atoms with Gasteiger partial charge in [-0.2, -0.15) is 5.10 Å². The van der Waals surface area contributed by atoms with Crippen molar-refractivity contribution in [3.05, 3.63) is 82.3 Å². The van der Waals surface area contributed by atoms with Crippen LogP contribution in [0.2, 0.25) is 0 Å². The van der Waals surface area contributed by atoms with E-state index in [2.05, 4.69) is 26.5 Å². The first-order valence-electron chi connectivity index (χ1n) is 14.2. The second-order valence-electron chi connectivity index (χ2n) is 10.2. The fourth-order valence-electron chi connectivity index (χ4n) is 4.97. The highest BCUT2D eigenvalue weighted by atomic mass is 16.5. The number of hydrogen-bond donors (Lipinski definition) is 4. The van der Waals surface area contributed by atoms with Gasteiger partial charge in [-0.3, -0.25) is 9.59 Å². The molecule has 13 heteroatoms. The van der Waals surface area contributed by atoms with Gasteiger partial charge in [-0.15, -0.1) is 0 Å². The summed E-state index contributed by atoms with van der Waals surface area (Å²) < 4.78 is 18.4. The number of aromatic nitrogens is 1. The predicted octanol–water partition coefficient (Wildman–Crippen LogP) is 3.78. The Morgan fingerprint density at radius 1 is 1.04 bits per heavy atom. The number of nitrogens with one attached hydrogen (secondary N) is 4. The van der Waals surface area contributed by atoms with Crippen LogP contribution in [0.1, 0.15) is 49.3 Å². The van der Waals surface area contributed by atoms with E-state index in [9.17, 15) is 19.2 Å². The molecule has 0 saturated carbocycles. The first kappa shape index (κ1) is 32.3. The summed E-state index contributed by atoms with van der Waals surface area (Å²) >= 11 is 0. The average molecular weight is 617 g/mol. The molecule has 1 aliphatic rings. The molecule has 1 aliphatic heterocycles. The molecule has 0 spiro atoms. The Morgan fingerprint density at radius 3 is 2.44 bits per heavy atom. The number of rotatable bonds is 11. The van der Waals surface area contributed by atoms with Crippen LogP contribution < -0.4 is 30.8 Å². The van der Waals surface area contributed by atoms with Crippen molar-refractivity contribution in [1.82, 2.24) is 20.6 Å². The number of methoxy groups -OCH3 is 1. The maximum absolute atomic E-state index is 12.6. The SMILES string of the molecule is CCOC(=O)C1=C(C)NC(=O)N[C@H]1c1ccc(OCC(=O)N/N=C\c2cc(C)n(-c3ccc(NC(C)=O)cc3)c2C)c(OC)c1. The smallest absolute Gasteiger partial charge is 0.338 e. The van der Waals surface area contributed by atoms with Crippen LogP contribution in [0.15, 0.2) is 64.9 Å². The second kappa shape index (κ2) is 14.3. The zero-order valence-corrected chi connectivity index (χ0v) is 25.9. The number of hydrazone groups is 1. The van der Waals surface area contributed by atoms with Crippen molar-refractivity contribution in [2.45, 2.75) is 40.7 Å². The first-order chi connectivity index (χ1) is 21.5. The maximum atomic E-state index is 12.6. The summed E-state index contributed by atoms with van der Waals surface area (Å²) in [6.07, 6.45) is 1.56. The number of ether oxygens (including phenoxy) is 3. The van der Waals surface area contributed by atoms with E-state index in [1.165, 1.54) is 14.0 Å². The Hall–Kier alpha value is -5.59. The topological polar surface area (TPSA) is 161 Å². The molecule has 1 aromatic heterocycles. The Morgan fingerprint density at radius 2 is 1.78 bits per heavy atom. The van der Waals surface area contributed by atoms with Crippen LogP contribution in [0.25, 0.3) is 5.69 Å². The molecular formula is C32H36N6O7. The lowest BCUT2D eigenvalue weighted by molar-refractivity contribution is -0.139. The fourth-order valence-corrected chi connectivity index (χ4v) is 4.97. The Kier molecular flexibility index (Phi) is 10.2. The molecule has 0 bridgehead atoms. The molecule has 236 valence electrons. The van der Waals surface area contributed by atoms with E-state index in [0.717, 1.165) is 22.6 Å². The van der Waals surface area contributed by atoms with Gasteiger partial charge in [-0.1, -0.05) is 6.07 Å². The molecule has 4 N–H and O–H groups in total. The van der Waals surface area contributed by atoms with Gasteiger partial charge in [-0.05, 0) is 75.7 Å². The third kappa shape index (κ3) is 7.68. The summed E-state index contributed by atoms with van der Waals surface area (Å²) in [5.74, 6) is -0.597. The minimum absolute atomic E-state index is 0.137. The lowest BCUT2D eigenvalue weighted by Gasteiger charge is -2.28. The van der Waals surface area contributed by atoms with Gasteiger partial charge >= 0.3 is 12.0 Å². The number of amides is 4. The van der Waals surface area contributed by atoms with E-state index < -0.39 is 23.9 Å². The molecule has 2 heterocycles. The Balaban J connectivity index is 1.40. The van der Waals surface area contributed by atoms with Gasteiger partial charge in [-0.25, -0.2) is 15.0 Å². The quantitative estimate of drug-likeness (QED) is 0.145. The third-order valence-corrected chi connectivity index (χ3v) is 6.95. The molecule has 0 radical (unpaired) electrons. The standard InChI is InChI=1S/C32H36N6O7/c1-7-44-31(41)29-19(3)34-32(42)36-30(29)22-8-13-26(27(15-22)43-6)45-17-28(40)37-33-16-23-14-18(2)38(20(23)4)25-11-9-24(10-12-25)35-21(5)39/h8-16,30H,7,17H2,1-6H3,(H,35,39)(H,37,40)(H2,34,36,42)/b33-16-/t30-/m0/s1. The summed E-state index contributed by atoms with van der Waals surface area (Å²) in [6, 6.07) is 13.1. The number of urea groups is 1. The number of nitrogens with zero attached hydrogens (tertiary/aromatic N) is 2. The molecule has 1 atom stereocenters. The van der Waals surface area contributed by atoms with Crippen molar-refractivity contribution in [2.24, 2.45) is 5.10 Å². The zero-order valence-electron chi connectivity index (χ0n) is 25.9. The number of benzene rings is 2. The van der Waals surface area contributed by atoms with Gasteiger partial charge < -0.3 is 34.7 Å². The van der Waals surface area contributed by atoms with Crippen LogP contribution in [-0.4, -0.2) is 54.9 Å². The van der Waals surface area contributed by atoms with Crippen molar-refractivity contribution in [2.75, 3.05) is 25.6 Å².